The molecule has 7 rings (SSSR count). The number of hydrogen-bond acceptors (Lipinski definition) is 10. The normalized spacial score (nSPS) is 39.4. The Hall–Kier alpha value is -2.79. The Morgan fingerprint density at radius 3 is 2.31 bits per heavy atom. The minimum atomic E-state index is -2.08. The molecule has 1 aromatic rings. The quantitative estimate of drug-likeness (QED) is 0.323. The Labute approximate surface area is 181 Å². The fourth-order valence-electron chi connectivity index (χ4n) is 5.95. The van der Waals surface area contributed by atoms with E-state index in [2.05, 4.69) is 0 Å². The Morgan fingerprint density at radius 2 is 1.62 bits per heavy atom. The first-order valence-corrected chi connectivity index (χ1v) is 10.4. The number of aliphatic hydroxyl groups excluding tert-OH is 1. The van der Waals surface area contributed by atoms with Crippen molar-refractivity contribution in [1.82, 2.24) is 0 Å². The number of Topliss-reactive ketones (excluding diaryl/α,β-unsaturated/α-hetero) is 2. The van der Waals surface area contributed by atoms with E-state index in [0.29, 0.717) is 0 Å². The van der Waals surface area contributed by atoms with Crippen molar-refractivity contribution < 1.29 is 49.0 Å². The van der Waals surface area contributed by atoms with Crippen LogP contribution in [0.1, 0.15) is 64.6 Å². The van der Waals surface area contributed by atoms with E-state index in [9.17, 15) is 34.8 Å². The zero-order valence-corrected chi connectivity index (χ0v) is 17.1. The average Bonchev–Trinajstić information content (AvgIpc) is 3.09. The lowest BCUT2D eigenvalue weighted by Crippen LogP contribution is -2.58. The molecule has 2 saturated heterocycles. The maximum atomic E-state index is 13.6. The number of phenols is 2. The van der Waals surface area contributed by atoms with Crippen LogP contribution in [-0.4, -0.2) is 68.5 Å². The molecule has 4 heterocycles. The Morgan fingerprint density at radius 1 is 0.969 bits per heavy atom. The van der Waals surface area contributed by atoms with Crippen LogP contribution in [0.3, 0.4) is 0 Å². The molecular weight excluding hydrogens is 424 g/mol. The predicted octanol–water partition coefficient (Wildman–Crippen LogP) is 0.288. The van der Waals surface area contributed by atoms with Gasteiger partial charge in [0.25, 0.3) is 0 Å². The van der Waals surface area contributed by atoms with E-state index in [-0.39, 0.29) is 35.1 Å². The minimum absolute atomic E-state index is 0.0302. The molecule has 0 saturated carbocycles. The average molecular weight is 444 g/mol. The third-order valence-corrected chi connectivity index (χ3v) is 7.41. The summed E-state index contributed by atoms with van der Waals surface area (Å²) >= 11 is 0. The van der Waals surface area contributed by atoms with Crippen LogP contribution in [0.5, 0.6) is 11.5 Å². The number of ketones is 2. The van der Waals surface area contributed by atoms with Crippen LogP contribution in [0.25, 0.3) is 0 Å². The van der Waals surface area contributed by atoms with Crippen molar-refractivity contribution >= 4 is 17.5 Å². The molecule has 0 unspecified atom stereocenters. The SMILES string of the molecule is C[C@@H]1O[C@H]2CC(=O)O[C@H]2C2=C1C(=O)c1c(O)c3c(c(O)c1C2=O)[C@@H]1C[C@H](O)[C@]3(O)[C@@H](C)O1. The first kappa shape index (κ1) is 19.9. The van der Waals surface area contributed by atoms with Crippen molar-refractivity contribution in [3.63, 3.8) is 0 Å². The summed E-state index contributed by atoms with van der Waals surface area (Å²) in [7, 11) is 0. The van der Waals surface area contributed by atoms with E-state index in [1.165, 1.54) is 6.92 Å². The van der Waals surface area contributed by atoms with E-state index in [4.69, 9.17) is 14.2 Å². The van der Waals surface area contributed by atoms with E-state index >= 15 is 0 Å². The van der Waals surface area contributed by atoms with E-state index in [1.54, 1.807) is 6.92 Å². The second-order valence-electron chi connectivity index (χ2n) is 9.00. The molecule has 6 aliphatic rings. The zero-order chi connectivity index (χ0) is 22.9. The smallest absolute Gasteiger partial charge is 0.309 e. The lowest BCUT2D eigenvalue weighted by Gasteiger charge is -2.52. The molecule has 4 aliphatic heterocycles. The molecule has 32 heavy (non-hydrogen) atoms. The fourth-order valence-corrected chi connectivity index (χ4v) is 5.95. The Bertz CT molecular complexity index is 1170. The van der Waals surface area contributed by atoms with Gasteiger partial charge in [0, 0.05) is 23.1 Å². The summed E-state index contributed by atoms with van der Waals surface area (Å²) in [6.07, 6.45) is -5.98. The van der Waals surface area contributed by atoms with Gasteiger partial charge in [-0.25, -0.2) is 0 Å². The maximum Gasteiger partial charge on any atom is 0.309 e. The molecule has 2 fully saturated rings. The molecule has 1 aromatic carbocycles. The van der Waals surface area contributed by atoms with Crippen LogP contribution in [-0.2, 0) is 24.6 Å². The fraction of sp³-hybridized carbons (Fsp3) is 0.500. The Balaban J connectivity index is 1.64. The van der Waals surface area contributed by atoms with Crippen LogP contribution in [0.15, 0.2) is 11.1 Å². The molecule has 4 N–H and O–H groups in total. The molecule has 10 heteroatoms. The highest BCUT2D eigenvalue weighted by molar-refractivity contribution is 6.30. The standard InChI is InChI=1S/C22H20O10/c1-5-11-15(21-8(30-5)4-10(24)32-21)19(27)13-14(17(11)25)20(28)16-12(18(13)26)7-3-9(23)22(16,29)6(2)31-7/h5-9,21,23,26,28-29H,3-4H2,1-2H3/t5-,6+,7-,8-,9-,21+,22+/m0/s1. The second-order valence-corrected chi connectivity index (χ2v) is 9.00. The summed E-state index contributed by atoms with van der Waals surface area (Å²) in [5, 5.41) is 44.1. The number of esters is 1. The highest BCUT2D eigenvalue weighted by atomic mass is 16.6. The van der Waals surface area contributed by atoms with Gasteiger partial charge >= 0.3 is 5.97 Å². The number of aliphatic hydroxyl groups is 2. The number of rotatable bonds is 0. The number of hydrogen-bond donors (Lipinski definition) is 4. The molecule has 0 radical (unpaired) electrons. The lowest BCUT2D eigenvalue weighted by atomic mass is 9.66. The van der Waals surface area contributed by atoms with Crippen LogP contribution in [0, 0.1) is 0 Å². The molecule has 0 amide bonds. The van der Waals surface area contributed by atoms with Gasteiger partial charge < -0.3 is 34.6 Å². The van der Waals surface area contributed by atoms with Crippen molar-refractivity contribution in [1.29, 1.82) is 0 Å². The minimum Gasteiger partial charge on any atom is -0.507 e. The van der Waals surface area contributed by atoms with E-state index < -0.39 is 82.4 Å². The third kappa shape index (κ3) is 2.06. The second kappa shape index (κ2) is 5.96. The molecule has 168 valence electrons. The molecule has 7 atom stereocenters. The number of fused-ring (bicyclic) bond motifs is 5. The topological polar surface area (TPSA) is 160 Å². The zero-order valence-electron chi connectivity index (χ0n) is 17.1. The molecular formula is C22H20O10. The molecule has 2 bridgehead atoms. The van der Waals surface area contributed by atoms with Gasteiger partial charge in [-0.2, -0.15) is 0 Å². The first-order chi connectivity index (χ1) is 15.1. The van der Waals surface area contributed by atoms with Crippen molar-refractivity contribution in [2.24, 2.45) is 0 Å². The number of benzene rings is 1. The molecule has 10 nitrogen and oxygen atoms in total. The van der Waals surface area contributed by atoms with Crippen molar-refractivity contribution in [3.05, 3.63) is 33.4 Å². The number of phenolic OH excluding ortho intramolecular Hbond substituents is 2. The van der Waals surface area contributed by atoms with Crippen molar-refractivity contribution in [3.8, 4) is 11.5 Å². The van der Waals surface area contributed by atoms with Gasteiger partial charge in [0.05, 0.1) is 47.5 Å². The third-order valence-electron chi connectivity index (χ3n) is 7.41. The van der Waals surface area contributed by atoms with Gasteiger partial charge in [-0.3, -0.25) is 14.4 Å². The number of carbonyl (C=O) groups is 3. The first-order valence-electron chi connectivity index (χ1n) is 10.4. The number of ether oxygens (including phenoxy) is 3. The van der Waals surface area contributed by atoms with Crippen LogP contribution >= 0.6 is 0 Å². The predicted molar refractivity (Wildman–Crippen MR) is 102 cm³/mol. The summed E-state index contributed by atoms with van der Waals surface area (Å²) < 4.78 is 16.7. The van der Waals surface area contributed by atoms with Gasteiger partial charge in [0.1, 0.15) is 23.2 Å². The summed E-state index contributed by atoms with van der Waals surface area (Å²) in [6.45, 7) is 3.06. The summed E-state index contributed by atoms with van der Waals surface area (Å²) in [5.74, 6) is -3.38. The van der Waals surface area contributed by atoms with Crippen LogP contribution in [0.2, 0.25) is 0 Å². The van der Waals surface area contributed by atoms with Crippen molar-refractivity contribution in [2.45, 2.75) is 68.9 Å². The summed E-state index contributed by atoms with van der Waals surface area (Å²) in [4.78, 5) is 39.0. The van der Waals surface area contributed by atoms with E-state index in [1.807, 2.05) is 0 Å². The van der Waals surface area contributed by atoms with Gasteiger partial charge in [-0.1, -0.05) is 0 Å². The largest absolute Gasteiger partial charge is 0.507 e. The van der Waals surface area contributed by atoms with Gasteiger partial charge in [-0.15, -0.1) is 0 Å². The van der Waals surface area contributed by atoms with Crippen LogP contribution < -0.4 is 0 Å². The molecule has 0 spiro atoms. The van der Waals surface area contributed by atoms with Gasteiger partial charge in [0.2, 0.25) is 0 Å². The lowest BCUT2D eigenvalue weighted by molar-refractivity contribution is -0.246. The molecule has 0 aromatic heterocycles. The van der Waals surface area contributed by atoms with Crippen molar-refractivity contribution in [2.75, 3.05) is 0 Å². The van der Waals surface area contributed by atoms with Crippen LogP contribution in [0.4, 0.5) is 0 Å². The van der Waals surface area contributed by atoms with Gasteiger partial charge in [-0.05, 0) is 13.8 Å². The number of aromatic hydroxyl groups is 2. The highest BCUT2D eigenvalue weighted by Crippen LogP contribution is 2.59. The van der Waals surface area contributed by atoms with E-state index in [0.717, 1.165) is 0 Å². The highest BCUT2D eigenvalue weighted by Gasteiger charge is 2.60. The summed E-state index contributed by atoms with van der Waals surface area (Å²) in [6, 6.07) is 0. The maximum absolute atomic E-state index is 13.6. The number of carbonyl (C=O) groups excluding carboxylic acids is 3. The Kier molecular flexibility index (Phi) is 3.70. The summed E-state index contributed by atoms with van der Waals surface area (Å²) in [5.41, 5.74) is -3.36. The van der Waals surface area contributed by atoms with Gasteiger partial charge in [0.15, 0.2) is 17.7 Å². The monoisotopic (exact) mass is 444 g/mol. The molecule has 2 aliphatic carbocycles.